The first-order valence-electron chi connectivity index (χ1n) is 9.51. The van der Waals surface area contributed by atoms with Gasteiger partial charge in [0.25, 0.3) is 0 Å². The van der Waals surface area contributed by atoms with Gasteiger partial charge in [0.05, 0.1) is 17.2 Å². The summed E-state index contributed by atoms with van der Waals surface area (Å²) >= 11 is 1.69. The summed E-state index contributed by atoms with van der Waals surface area (Å²) in [5, 5.41) is 9.18. The Kier molecular flexibility index (Phi) is 7.10. The molecule has 3 aromatic rings. The van der Waals surface area contributed by atoms with E-state index in [0.29, 0.717) is 5.75 Å². The fourth-order valence-electron chi connectivity index (χ4n) is 3.46. The maximum Gasteiger partial charge on any atom is 0.302 e. The maximum atomic E-state index is 11.5. The largest absolute Gasteiger partial charge is 0.461 e. The minimum Gasteiger partial charge on any atom is -0.461 e. The SMILES string of the molecule is CC(=O)OC(CC#N)CSC(c1ccccc1)(c1ccccc1)c1ccccc1. The molecule has 0 N–H and O–H groups in total. The summed E-state index contributed by atoms with van der Waals surface area (Å²) in [6.45, 7) is 1.38. The standard InChI is InChI=1S/C25H23NO2S/c1-20(27)28-24(17-18-26)19-29-25(21-11-5-2-6-12-21,22-13-7-3-8-14-22)23-15-9-4-10-16-23/h2-16,24H,17,19H2,1H3. The van der Waals surface area contributed by atoms with Gasteiger partial charge in [-0.05, 0) is 16.7 Å². The van der Waals surface area contributed by atoms with Crippen molar-refractivity contribution in [3.05, 3.63) is 108 Å². The van der Waals surface area contributed by atoms with Crippen molar-refractivity contribution in [3.63, 3.8) is 0 Å². The lowest BCUT2D eigenvalue weighted by Gasteiger charge is -2.36. The smallest absolute Gasteiger partial charge is 0.302 e. The van der Waals surface area contributed by atoms with Crippen molar-refractivity contribution < 1.29 is 9.53 Å². The number of carbonyl (C=O) groups excluding carboxylic acids is 1. The lowest BCUT2D eigenvalue weighted by molar-refractivity contribution is -0.144. The fraction of sp³-hybridized carbons (Fsp3) is 0.200. The molecule has 0 saturated heterocycles. The zero-order valence-corrected chi connectivity index (χ0v) is 17.1. The van der Waals surface area contributed by atoms with Crippen LogP contribution in [-0.2, 0) is 14.3 Å². The Labute approximate surface area is 176 Å². The average molecular weight is 402 g/mol. The van der Waals surface area contributed by atoms with Crippen LogP contribution in [0.15, 0.2) is 91.0 Å². The van der Waals surface area contributed by atoms with Gasteiger partial charge in [0.2, 0.25) is 0 Å². The topological polar surface area (TPSA) is 50.1 Å². The van der Waals surface area contributed by atoms with Crippen LogP contribution in [0.4, 0.5) is 0 Å². The van der Waals surface area contributed by atoms with Crippen LogP contribution in [0.1, 0.15) is 30.0 Å². The number of rotatable bonds is 8. The average Bonchev–Trinajstić information content (AvgIpc) is 2.76. The number of esters is 1. The fourth-order valence-corrected chi connectivity index (χ4v) is 4.99. The molecule has 0 bridgehead atoms. The summed E-state index contributed by atoms with van der Waals surface area (Å²) in [6.07, 6.45) is -0.292. The minimum absolute atomic E-state index is 0.168. The van der Waals surface area contributed by atoms with E-state index in [1.165, 1.54) is 6.92 Å². The van der Waals surface area contributed by atoms with E-state index in [4.69, 9.17) is 4.74 Å². The molecule has 0 fully saturated rings. The molecule has 4 heteroatoms. The highest BCUT2D eigenvalue weighted by molar-refractivity contribution is 8.00. The summed E-state index contributed by atoms with van der Waals surface area (Å²) in [5.41, 5.74) is 3.42. The molecule has 146 valence electrons. The van der Waals surface area contributed by atoms with Gasteiger partial charge in [-0.1, -0.05) is 91.0 Å². The summed E-state index contributed by atoms with van der Waals surface area (Å²) in [7, 11) is 0. The molecule has 3 aromatic carbocycles. The highest BCUT2D eigenvalue weighted by atomic mass is 32.2. The Morgan fingerprint density at radius 3 is 1.66 bits per heavy atom. The van der Waals surface area contributed by atoms with Crippen LogP contribution in [0.3, 0.4) is 0 Å². The summed E-state index contributed by atoms with van der Waals surface area (Å²) in [4.78, 5) is 11.5. The molecule has 0 heterocycles. The van der Waals surface area contributed by atoms with Gasteiger partial charge in [0.15, 0.2) is 0 Å². The van der Waals surface area contributed by atoms with E-state index in [9.17, 15) is 10.1 Å². The number of thioether (sulfide) groups is 1. The Bertz CT molecular complexity index is 856. The predicted molar refractivity (Wildman–Crippen MR) is 117 cm³/mol. The van der Waals surface area contributed by atoms with Crippen LogP contribution < -0.4 is 0 Å². The van der Waals surface area contributed by atoms with E-state index < -0.39 is 10.9 Å². The van der Waals surface area contributed by atoms with E-state index in [1.807, 2.05) is 54.6 Å². The number of hydrogen-bond donors (Lipinski definition) is 0. The molecular weight excluding hydrogens is 378 g/mol. The van der Waals surface area contributed by atoms with Crippen molar-refractivity contribution in [3.8, 4) is 6.07 Å². The number of nitriles is 1. The van der Waals surface area contributed by atoms with Crippen molar-refractivity contribution in [1.29, 1.82) is 5.26 Å². The predicted octanol–water partition coefficient (Wildman–Crippen LogP) is 5.56. The van der Waals surface area contributed by atoms with Gasteiger partial charge >= 0.3 is 5.97 Å². The van der Waals surface area contributed by atoms with Crippen molar-refractivity contribution >= 4 is 17.7 Å². The van der Waals surface area contributed by atoms with Crippen LogP contribution in [0.2, 0.25) is 0 Å². The van der Waals surface area contributed by atoms with Crippen molar-refractivity contribution in [2.45, 2.75) is 24.2 Å². The molecular formula is C25H23NO2S. The lowest BCUT2D eigenvalue weighted by atomic mass is 9.84. The summed E-state index contributed by atoms with van der Waals surface area (Å²) in [5.74, 6) is 0.141. The van der Waals surface area contributed by atoms with Crippen LogP contribution in [0.5, 0.6) is 0 Å². The number of carbonyl (C=O) groups is 1. The third-order valence-corrected chi connectivity index (χ3v) is 6.36. The number of nitrogens with zero attached hydrogens (tertiary/aromatic N) is 1. The molecule has 0 radical (unpaired) electrons. The van der Waals surface area contributed by atoms with E-state index in [-0.39, 0.29) is 12.4 Å². The molecule has 0 spiro atoms. The van der Waals surface area contributed by atoms with Gasteiger partial charge in [-0.25, -0.2) is 0 Å². The monoisotopic (exact) mass is 401 g/mol. The molecule has 3 rings (SSSR count). The molecule has 0 aliphatic rings. The molecule has 0 aliphatic carbocycles. The van der Waals surface area contributed by atoms with Gasteiger partial charge < -0.3 is 4.74 Å². The van der Waals surface area contributed by atoms with E-state index in [0.717, 1.165) is 16.7 Å². The summed E-state index contributed by atoms with van der Waals surface area (Å²) in [6, 6.07) is 33.1. The highest BCUT2D eigenvalue weighted by Crippen LogP contribution is 2.48. The van der Waals surface area contributed by atoms with E-state index in [2.05, 4.69) is 42.5 Å². The second-order valence-electron chi connectivity index (χ2n) is 6.68. The third-order valence-electron chi connectivity index (χ3n) is 4.68. The zero-order valence-electron chi connectivity index (χ0n) is 16.3. The molecule has 0 amide bonds. The quantitative estimate of drug-likeness (QED) is 0.366. The molecule has 0 aromatic heterocycles. The van der Waals surface area contributed by atoms with Gasteiger partial charge in [-0.2, -0.15) is 5.26 Å². The Hall–Kier alpha value is -3.03. The minimum atomic E-state index is -0.488. The van der Waals surface area contributed by atoms with Crippen LogP contribution in [0, 0.1) is 11.3 Å². The first kappa shape index (κ1) is 20.7. The second kappa shape index (κ2) is 9.95. The van der Waals surface area contributed by atoms with E-state index in [1.54, 1.807) is 11.8 Å². The Balaban J connectivity index is 2.12. The normalized spacial score (nSPS) is 12.0. The van der Waals surface area contributed by atoms with Gasteiger partial charge in [-0.15, -0.1) is 11.8 Å². The molecule has 29 heavy (non-hydrogen) atoms. The summed E-state index contributed by atoms with van der Waals surface area (Å²) < 4.78 is 4.92. The second-order valence-corrected chi connectivity index (χ2v) is 7.92. The first-order chi connectivity index (χ1) is 14.2. The number of ether oxygens (including phenoxy) is 1. The van der Waals surface area contributed by atoms with Crippen molar-refractivity contribution in [2.24, 2.45) is 0 Å². The molecule has 0 saturated carbocycles. The van der Waals surface area contributed by atoms with Crippen LogP contribution in [-0.4, -0.2) is 17.8 Å². The van der Waals surface area contributed by atoms with Gasteiger partial charge in [0.1, 0.15) is 6.10 Å². The molecule has 1 unspecified atom stereocenters. The van der Waals surface area contributed by atoms with Gasteiger partial charge in [-0.3, -0.25) is 4.79 Å². The third kappa shape index (κ3) is 4.88. The van der Waals surface area contributed by atoms with Crippen LogP contribution in [0.25, 0.3) is 0 Å². The molecule has 0 aliphatic heterocycles. The Morgan fingerprint density at radius 2 is 1.31 bits per heavy atom. The van der Waals surface area contributed by atoms with Crippen molar-refractivity contribution in [2.75, 3.05) is 5.75 Å². The highest BCUT2D eigenvalue weighted by Gasteiger charge is 2.37. The van der Waals surface area contributed by atoms with Crippen LogP contribution >= 0.6 is 11.8 Å². The molecule has 1 atom stereocenters. The maximum absolute atomic E-state index is 11.5. The van der Waals surface area contributed by atoms with Crippen molar-refractivity contribution in [1.82, 2.24) is 0 Å². The van der Waals surface area contributed by atoms with Gasteiger partial charge in [0, 0.05) is 12.7 Å². The Morgan fingerprint density at radius 1 is 0.897 bits per heavy atom. The lowest BCUT2D eigenvalue weighted by Crippen LogP contribution is -2.29. The number of hydrogen-bond acceptors (Lipinski definition) is 4. The van der Waals surface area contributed by atoms with E-state index >= 15 is 0 Å². The number of benzene rings is 3. The molecule has 3 nitrogen and oxygen atoms in total. The first-order valence-corrected chi connectivity index (χ1v) is 10.5. The zero-order chi connectivity index (χ0) is 20.5.